The molecular weight excluding hydrogens is 244 g/mol. The summed E-state index contributed by atoms with van der Waals surface area (Å²) in [5, 5.41) is 10.1. The van der Waals surface area contributed by atoms with Gasteiger partial charge in [-0.05, 0) is 12.1 Å². The number of benzene rings is 1. The second-order valence-corrected chi connectivity index (χ2v) is 5.15. The number of ether oxygens (including phenoxy) is 1. The molecule has 1 aromatic rings. The molecule has 1 aromatic carbocycles. The molecule has 0 radical (unpaired) electrons. The zero-order chi connectivity index (χ0) is 12.5. The minimum Gasteiger partial charge on any atom is -0.504 e. The standard InChI is InChI=1S/C10H10N2O4S/c11-9-6-17(14,15)10(12-9)5-16-8-4-2-1-3-7(8)13/h1-4,6,13H,5,11H2. The maximum Gasteiger partial charge on any atom is 0.220 e. The number of nitrogens with two attached hydrogens (primary N) is 1. The Balaban J connectivity index is 2.11. The van der Waals surface area contributed by atoms with Crippen LogP contribution in [-0.2, 0) is 9.84 Å². The number of hydrogen-bond acceptors (Lipinski definition) is 6. The van der Waals surface area contributed by atoms with E-state index in [9.17, 15) is 13.5 Å². The Morgan fingerprint density at radius 3 is 2.65 bits per heavy atom. The summed E-state index contributed by atoms with van der Waals surface area (Å²) < 4.78 is 28.1. The van der Waals surface area contributed by atoms with E-state index < -0.39 is 9.84 Å². The van der Waals surface area contributed by atoms with E-state index in [0.29, 0.717) is 0 Å². The van der Waals surface area contributed by atoms with Crippen LogP contribution in [0.5, 0.6) is 11.5 Å². The predicted octanol–water partition coefficient (Wildman–Crippen LogP) is 0.355. The summed E-state index contributed by atoms with van der Waals surface area (Å²) in [4.78, 5) is 3.65. The lowest BCUT2D eigenvalue weighted by atomic mass is 10.3. The van der Waals surface area contributed by atoms with E-state index in [1.165, 1.54) is 12.1 Å². The Labute approximate surface area is 98.0 Å². The van der Waals surface area contributed by atoms with E-state index >= 15 is 0 Å². The number of sulfone groups is 1. The average Bonchev–Trinajstić information content (AvgIpc) is 2.50. The van der Waals surface area contributed by atoms with Crippen molar-refractivity contribution in [2.45, 2.75) is 0 Å². The SMILES string of the molecule is NC1=CS(=O)(=O)C(COc2ccccc2O)=N1. The number of aliphatic imine (C=N–C) groups is 1. The number of phenolic OH excluding ortho intramolecular Hbond substituents is 1. The first-order valence-corrected chi connectivity index (χ1v) is 6.24. The van der Waals surface area contributed by atoms with Crippen LogP contribution in [0.3, 0.4) is 0 Å². The summed E-state index contributed by atoms with van der Waals surface area (Å²) in [6, 6.07) is 6.25. The summed E-state index contributed by atoms with van der Waals surface area (Å²) in [5.74, 6) is 0.0566. The van der Waals surface area contributed by atoms with Crippen LogP contribution in [0, 0.1) is 0 Å². The predicted molar refractivity (Wildman–Crippen MR) is 62.2 cm³/mol. The lowest BCUT2D eigenvalue weighted by Crippen LogP contribution is -2.17. The molecule has 0 unspecified atom stereocenters. The third-order valence-electron chi connectivity index (χ3n) is 2.07. The van der Waals surface area contributed by atoms with Crippen LogP contribution in [0.2, 0.25) is 0 Å². The third kappa shape index (κ3) is 2.39. The van der Waals surface area contributed by atoms with Crippen LogP contribution < -0.4 is 10.5 Å². The Bertz CT molecular complexity index is 604. The molecule has 0 fully saturated rings. The molecule has 90 valence electrons. The van der Waals surface area contributed by atoms with Gasteiger partial charge in [0.25, 0.3) is 0 Å². The fourth-order valence-electron chi connectivity index (χ4n) is 1.29. The maximum atomic E-state index is 11.4. The highest BCUT2D eigenvalue weighted by atomic mass is 32.2. The summed E-state index contributed by atoms with van der Waals surface area (Å²) in [5.41, 5.74) is 5.29. The highest BCUT2D eigenvalue weighted by Gasteiger charge is 2.24. The van der Waals surface area contributed by atoms with Gasteiger partial charge in [-0.15, -0.1) is 0 Å². The molecular formula is C10H10N2O4S. The Kier molecular flexibility index (Phi) is 2.76. The largest absolute Gasteiger partial charge is 0.504 e. The summed E-state index contributed by atoms with van der Waals surface area (Å²) >= 11 is 0. The third-order valence-corrected chi connectivity index (χ3v) is 3.49. The fourth-order valence-corrected chi connectivity index (χ4v) is 2.26. The van der Waals surface area contributed by atoms with Crippen molar-refractivity contribution >= 4 is 14.9 Å². The minimum absolute atomic E-state index is 0.0653. The van der Waals surface area contributed by atoms with E-state index in [4.69, 9.17) is 10.5 Å². The van der Waals surface area contributed by atoms with Gasteiger partial charge in [0.1, 0.15) is 12.4 Å². The smallest absolute Gasteiger partial charge is 0.220 e. The van der Waals surface area contributed by atoms with Crippen LogP contribution in [0.1, 0.15) is 0 Å². The van der Waals surface area contributed by atoms with Crippen LogP contribution in [0.4, 0.5) is 0 Å². The molecule has 0 atom stereocenters. The van der Waals surface area contributed by atoms with Crippen molar-refractivity contribution in [1.82, 2.24) is 0 Å². The van der Waals surface area contributed by atoms with Gasteiger partial charge in [0, 0.05) is 0 Å². The van der Waals surface area contributed by atoms with E-state index in [1.807, 2.05) is 0 Å². The average molecular weight is 254 g/mol. The maximum absolute atomic E-state index is 11.4. The highest BCUT2D eigenvalue weighted by molar-refractivity contribution is 8.09. The molecule has 0 saturated carbocycles. The lowest BCUT2D eigenvalue weighted by Gasteiger charge is -2.06. The quantitative estimate of drug-likeness (QED) is 0.810. The van der Waals surface area contributed by atoms with Crippen molar-refractivity contribution < 1.29 is 18.3 Å². The first kappa shape index (κ1) is 11.5. The van der Waals surface area contributed by atoms with Crippen molar-refractivity contribution in [2.24, 2.45) is 10.7 Å². The van der Waals surface area contributed by atoms with Gasteiger partial charge < -0.3 is 15.6 Å². The van der Waals surface area contributed by atoms with E-state index in [0.717, 1.165) is 5.41 Å². The molecule has 0 aromatic heterocycles. The van der Waals surface area contributed by atoms with Crippen LogP contribution in [0.15, 0.2) is 40.5 Å². The van der Waals surface area contributed by atoms with Crippen molar-refractivity contribution in [3.63, 3.8) is 0 Å². The zero-order valence-electron chi connectivity index (χ0n) is 8.70. The van der Waals surface area contributed by atoms with Gasteiger partial charge in [-0.1, -0.05) is 12.1 Å². The number of hydrogen-bond donors (Lipinski definition) is 2. The van der Waals surface area contributed by atoms with E-state index in [-0.39, 0.29) is 29.0 Å². The summed E-state index contributed by atoms with van der Waals surface area (Å²) in [7, 11) is -3.56. The number of para-hydroxylation sites is 2. The Morgan fingerprint density at radius 2 is 2.06 bits per heavy atom. The topological polar surface area (TPSA) is 102 Å². The normalized spacial score (nSPS) is 17.4. The van der Waals surface area contributed by atoms with Gasteiger partial charge in [0.05, 0.1) is 5.41 Å². The van der Waals surface area contributed by atoms with Crippen molar-refractivity contribution in [3.05, 3.63) is 35.5 Å². The molecule has 0 amide bonds. The Morgan fingerprint density at radius 1 is 1.35 bits per heavy atom. The van der Waals surface area contributed by atoms with Gasteiger partial charge in [-0.3, -0.25) is 0 Å². The van der Waals surface area contributed by atoms with E-state index in [2.05, 4.69) is 4.99 Å². The Hall–Kier alpha value is -2.02. The van der Waals surface area contributed by atoms with Crippen LogP contribution in [0.25, 0.3) is 0 Å². The van der Waals surface area contributed by atoms with Gasteiger partial charge in [0.15, 0.2) is 16.5 Å². The first-order chi connectivity index (χ1) is 7.99. The van der Waals surface area contributed by atoms with Gasteiger partial charge in [0.2, 0.25) is 9.84 Å². The second-order valence-electron chi connectivity index (χ2n) is 3.35. The van der Waals surface area contributed by atoms with Crippen LogP contribution in [-0.4, -0.2) is 25.2 Å². The fraction of sp³-hybridized carbons (Fsp3) is 0.100. The van der Waals surface area contributed by atoms with Gasteiger partial charge >= 0.3 is 0 Å². The minimum atomic E-state index is -3.56. The second kappa shape index (κ2) is 4.10. The molecule has 6 nitrogen and oxygen atoms in total. The van der Waals surface area contributed by atoms with Crippen LogP contribution >= 0.6 is 0 Å². The molecule has 0 bridgehead atoms. The number of nitrogens with zero attached hydrogens (tertiary/aromatic N) is 1. The summed E-state index contributed by atoms with van der Waals surface area (Å²) in [6.45, 7) is -0.267. The highest BCUT2D eigenvalue weighted by Crippen LogP contribution is 2.24. The molecule has 7 heteroatoms. The molecule has 0 spiro atoms. The molecule has 17 heavy (non-hydrogen) atoms. The lowest BCUT2D eigenvalue weighted by molar-refractivity contribution is 0.348. The van der Waals surface area contributed by atoms with Gasteiger partial charge in [-0.25, -0.2) is 13.4 Å². The molecule has 1 aliphatic heterocycles. The van der Waals surface area contributed by atoms with Crippen molar-refractivity contribution in [3.8, 4) is 11.5 Å². The molecule has 0 saturated heterocycles. The number of phenols is 1. The zero-order valence-corrected chi connectivity index (χ0v) is 9.52. The summed E-state index contributed by atoms with van der Waals surface area (Å²) in [6.07, 6.45) is 0. The van der Waals surface area contributed by atoms with Gasteiger partial charge in [-0.2, -0.15) is 0 Å². The molecule has 0 aliphatic carbocycles. The molecule has 1 heterocycles. The monoisotopic (exact) mass is 254 g/mol. The van der Waals surface area contributed by atoms with Crippen molar-refractivity contribution in [1.29, 1.82) is 0 Å². The number of rotatable bonds is 3. The molecule has 2 rings (SSSR count). The van der Waals surface area contributed by atoms with E-state index in [1.54, 1.807) is 12.1 Å². The molecule has 3 N–H and O–H groups in total. The first-order valence-electron chi connectivity index (χ1n) is 4.70. The van der Waals surface area contributed by atoms with Crippen molar-refractivity contribution in [2.75, 3.05) is 6.61 Å². The molecule has 1 aliphatic rings. The number of aromatic hydroxyl groups is 1.